The van der Waals surface area contributed by atoms with Crippen molar-refractivity contribution < 1.29 is 4.79 Å². The number of amides is 1. The average Bonchev–Trinajstić information content (AvgIpc) is 2.63. The first-order chi connectivity index (χ1) is 12.4. The molecule has 0 atom stereocenters. The van der Waals surface area contributed by atoms with E-state index in [0.717, 1.165) is 43.7 Å². The number of carbonyl (C=O) groups excluding carboxylic acids is 1. The number of hydrogen-bond acceptors (Lipinski definition) is 3. The minimum Gasteiger partial charge on any atom is -0.368 e. The van der Waals surface area contributed by atoms with Gasteiger partial charge in [0.25, 0.3) is 0 Å². The smallest absolute Gasteiger partial charge is 0.223 e. The molecule has 0 aliphatic carbocycles. The zero-order chi connectivity index (χ0) is 19.1. The van der Waals surface area contributed by atoms with Gasteiger partial charge in [-0.3, -0.25) is 9.79 Å². The third-order valence-corrected chi connectivity index (χ3v) is 4.75. The molecule has 0 radical (unpaired) electrons. The number of nitrogens with one attached hydrogen (secondary N) is 1. The Labute approximate surface area is 161 Å². The maximum Gasteiger partial charge on any atom is 0.223 e. The third kappa shape index (κ3) is 5.53. The van der Waals surface area contributed by atoms with Crippen molar-refractivity contribution >= 4 is 29.2 Å². The normalized spacial score (nSPS) is 15.2. The summed E-state index contributed by atoms with van der Waals surface area (Å²) >= 11 is 6.16. The van der Waals surface area contributed by atoms with Crippen LogP contribution in [0.25, 0.3) is 0 Å². The summed E-state index contributed by atoms with van der Waals surface area (Å²) in [7, 11) is 3.54. The number of guanidine groups is 1. The van der Waals surface area contributed by atoms with Crippen molar-refractivity contribution in [3.05, 3.63) is 28.8 Å². The molecule has 1 saturated heterocycles. The zero-order valence-electron chi connectivity index (χ0n) is 16.3. The fourth-order valence-corrected chi connectivity index (χ4v) is 3.16. The molecule has 7 heteroatoms. The summed E-state index contributed by atoms with van der Waals surface area (Å²) in [4.78, 5) is 22.6. The van der Waals surface area contributed by atoms with Gasteiger partial charge in [0.1, 0.15) is 0 Å². The summed E-state index contributed by atoms with van der Waals surface area (Å²) < 4.78 is 0. The van der Waals surface area contributed by atoms with Crippen LogP contribution in [-0.2, 0) is 4.79 Å². The largest absolute Gasteiger partial charge is 0.368 e. The maximum atomic E-state index is 11.7. The van der Waals surface area contributed by atoms with Crippen molar-refractivity contribution in [1.82, 2.24) is 15.1 Å². The standard InChI is InChI=1S/C19H30ClN5O/c1-5-21-19(22-9-8-18(26)23(3)4)25-12-10-24(11-13-25)17-14-16(20)7-6-15(17)2/h6-7,14H,5,8-13H2,1-4H3,(H,21,22). The quantitative estimate of drug-likeness (QED) is 0.629. The van der Waals surface area contributed by atoms with Gasteiger partial charge in [0.15, 0.2) is 5.96 Å². The SMILES string of the molecule is CCNC(=NCCC(=O)N(C)C)N1CCN(c2cc(Cl)ccc2C)CC1. The fourth-order valence-electron chi connectivity index (χ4n) is 2.99. The molecule has 1 heterocycles. The molecule has 0 saturated carbocycles. The van der Waals surface area contributed by atoms with Gasteiger partial charge in [0.05, 0.1) is 6.54 Å². The summed E-state index contributed by atoms with van der Waals surface area (Å²) in [6.07, 6.45) is 0.434. The van der Waals surface area contributed by atoms with Crippen LogP contribution in [0, 0.1) is 6.92 Å². The van der Waals surface area contributed by atoms with Crippen molar-refractivity contribution in [3.8, 4) is 0 Å². The van der Waals surface area contributed by atoms with Crippen LogP contribution in [0.1, 0.15) is 18.9 Å². The van der Waals surface area contributed by atoms with Crippen LogP contribution < -0.4 is 10.2 Å². The number of benzene rings is 1. The monoisotopic (exact) mass is 379 g/mol. The first kappa shape index (κ1) is 20.4. The first-order valence-corrected chi connectivity index (χ1v) is 9.54. The van der Waals surface area contributed by atoms with E-state index in [4.69, 9.17) is 11.6 Å². The molecule has 1 N–H and O–H groups in total. The molecule has 0 spiro atoms. The molecule has 1 aliphatic rings. The van der Waals surface area contributed by atoms with E-state index in [1.54, 1.807) is 19.0 Å². The number of piperazine rings is 1. The molecule has 1 amide bonds. The Morgan fingerprint density at radius 1 is 1.27 bits per heavy atom. The van der Waals surface area contributed by atoms with Crippen molar-refractivity contribution in [2.24, 2.45) is 4.99 Å². The number of hydrogen-bond donors (Lipinski definition) is 1. The Morgan fingerprint density at radius 3 is 2.58 bits per heavy atom. The van der Waals surface area contributed by atoms with Gasteiger partial charge in [0, 0.05) is 63.9 Å². The molecule has 1 aromatic carbocycles. The van der Waals surface area contributed by atoms with E-state index in [-0.39, 0.29) is 5.91 Å². The Morgan fingerprint density at radius 2 is 1.96 bits per heavy atom. The summed E-state index contributed by atoms with van der Waals surface area (Å²) in [6, 6.07) is 6.04. The number of aryl methyl sites for hydroxylation is 1. The third-order valence-electron chi connectivity index (χ3n) is 4.51. The number of halogens is 1. The molecular weight excluding hydrogens is 350 g/mol. The zero-order valence-corrected chi connectivity index (χ0v) is 17.0. The fraction of sp³-hybridized carbons (Fsp3) is 0.579. The predicted molar refractivity (Wildman–Crippen MR) is 109 cm³/mol. The Balaban J connectivity index is 1.96. The van der Waals surface area contributed by atoms with E-state index < -0.39 is 0 Å². The number of aliphatic imine (C=N–C) groups is 1. The molecule has 0 aromatic heterocycles. The number of anilines is 1. The molecule has 0 bridgehead atoms. The highest BCUT2D eigenvalue weighted by atomic mass is 35.5. The van der Waals surface area contributed by atoms with Gasteiger partial charge in [-0.05, 0) is 31.5 Å². The number of rotatable bonds is 5. The van der Waals surface area contributed by atoms with Crippen LogP contribution in [-0.4, -0.2) is 75.0 Å². The molecule has 0 unspecified atom stereocenters. The topological polar surface area (TPSA) is 51.2 Å². The van der Waals surface area contributed by atoms with Crippen molar-refractivity contribution in [2.75, 3.05) is 58.3 Å². The Hall–Kier alpha value is -1.95. The highest BCUT2D eigenvalue weighted by Crippen LogP contribution is 2.25. The van der Waals surface area contributed by atoms with Crippen LogP contribution >= 0.6 is 11.6 Å². The van der Waals surface area contributed by atoms with Gasteiger partial charge in [-0.15, -0.1) is 0 Å². The lowest BCUT2D eigenvalue weighted by Gasteiger charge is -2.38. The van der Waals surface area contributed by atoms with Crippen LogP contribution in [0.3, 0.4) is 0 Å². The van der Waals surface area contributed by atoms with E-state index in [9.17, 15) is 4.79 Å². The van der Waals surface area contributed by atoms with Crippen molar-refractivity contribution in [2.45, 2.75) is 20.3 Å². The van der Waals surface area contributed by atoms with E-state index in [1.165, 1.54) is 11.3 Å². The van der Waals surface area contributed by atoms with E-state index in [0.29, 0.717) is 13.0 Å². The Bertz CT molecular complexity index is 639. The molecule has 1 aromatic rings. The first-order valence-electron chi connectivity index (χ1n) is 9.17. The molecule has 144 valence electrons. The van der Waals surface area contributed by atoms with Crippen LogP contribution in [0.4, 0.5) is 5.69 Å². The van der Waals surface area contributed by atoms with Crippen LogP contribution in [0.5, 0.6) is 0 Å². The second-order valence-electron chi connectivity index (χ2n) is 6.68. The van der Waals surface area contributed by atoms with Crippen LogP contribution in [0.15, 0.2) is 23.2 Å². The second kappa shape index (κ2) is 9.67. The van der Waals surface area contributed by atoms with Gasteiger partial charge < -0.3 is 20.0 Å². The lowest BCUT2D eigenvalue weighted by molar-refractivity contribution is -0.128. The van der Waals surface area contributed by atoms with Gasteiger partial charge in [-0.1, -0.05) is 17.7 Å². The van der Waals surface area contributed by atoms with Gasteiger partial charge in [-0.2, -0.15) is 0 Å². The van der Waals surface area contributed by atoms with Gasteiger partial charge >= 0.3 is 0 Å². The Kier molecular flexibility index (Phi) is 7.57. The highest BCUT2D eigenvalue weighted by molar-refractivity contribution is 6.30. The maximum absolute atomic E-state index is 11.7. The van der Waals surface area contributed by atoms with Crippen LogP contribution in [0.2, 0.25) is 5.02 Å². The average molecular weight is 380 g/mol. The molecule has 2 rings (SSSR count). The molecule has 26 heavy (non-hydrogen) atoms. The molecular formula is C19H30ClN5O. The van der Waals surface area contributed by atoms with Crippen molar-refractivity contribution in [3.63, 3.8) is 0 Å². The summed E-state index contributed by atoms with van der Waals surface area (Å²) in [5.74, 6) is 0.993. The van der Waals surface area contributed by atoms with E-state index in [2.05, 4.69) is 40.0 Å². The second-order valence-corrected chi connectivity index (χ2v) is 7.12. The van der Waals surface area contributed by atoms with E-state index in [1.807, 2.05) is 12.1 Å². The summed E-state index contributed by atoms with van der Waals surface area (Å²) in [5.41, 5.74) is 2.45. The summed E-state index contributed by atoms with van der Waals surface area (Å²) in [5, 5.41) is 4.11. The molecule has 1 aliphatic heterocycles. The molecule has 1 fully saturated rings. The highest BCUT2D eigenvalue weighted by Gasteiger charge is 2.21. The number of nitrogens with zero attached hydrogens (tertiary/aromatic N) is 4. The molecule has 6 nitrogen and oxygen atoms in total. The minimum atomic E-state index is 0.103. The van der Waals surface area contributed by atoms with Gasteiger partial charge in [-0.25, -0.2) is 0 Å². The van der Waals surface area contributed by atoms with E-state index >= 15 is 0 Å². The number of carbonyl (C=O) groups is 1. The minimum absolute atomic E-state index is 0.103. The lowest BCUT2D eigenvalue weighted by Crippen LogP contribution is -2.52. The van der Waals surface area contributed by atoms with Gasteiger partial charge in [0.2, 0.25) is 5.91 Å². The summed E-state index contributed by atoms with van der Waals surface area (Å²) in [6.45, 7) is 9.11. The predicted octanol–water partition coefficient (Wildman–Crippen LogP) is 2.21. The van der Waals surface area contributed by atoms with Crippen molar-refractivity contribution in [1.29, 1.82) is 0 Å². The lowest BCUT2D eigenvalue weighted by atomic mass is 10.1.